The van der Waals surface area contributed by atoms with Crippen LogP contribution in [0, 0.1) is 11.6 Å². The quantitative estimate of drug-likeness (QED) is 0.132. The zero-order chi connectivity index (χ0) is 30.9. The summed E-state index contributed by atoms with van der Waals surface area (Å²) < 4.78 is 35.7. The summed E-state index contributed by atoms with van der Waals surface area (Å²) in [6.45, 7) is 0. The van der Waals surface area contributed by atoms with Crippen molar-refractivity contribution in [1.82, 2.24) is 25.1 Å². The number of halogens is 2. The highest BCUT2D eigenvalue weighted by molar-refractivity contribution is 7.98. The van der Waals surface area contributed by atoms with E-state index in [1.165, 1.54) is 79.3 Å². The number of aromatic nitrogens is 5. The van der Waals surface area contributed by atoms with Gasteiger partial charge in [-0.2, -0.15) is 0 Å². The second-order valence-electron chi connectivity index (χ2n) is 8.64. The molecule has 3 aromatic heterocycles. The molecule has 43 heavy (non-hydrogen) atoms. The van der Waals surface area contributed by atoms with Crippen molar-refractivity contribution in [2.75, 3.05) is 19.6 Å². The van der Waals surface area contributed by atoms with E-state index in [2.05, 4.69) is 25.1 Å². The molecule has 0 aliphatic heterocycles. The van der Waals surface area contributed by atoms with Crippen LogP contribution in [0.15, 0.2) is 92.7 Å². The van der Waals surface area contributed by atoms with Crippen LogP contribution < -0.4 is 5.63 Å². The first-order valence-corrected chi connectivity index (χ1v) is 14.9. The Labute approximate surface area is 253 Å². The van der Waals surface area contributed by atoms with E-state index >= 15 is 0 Å². The predicted molar refractivity (Wildman–Crippen MR) is 157 cm³/mol. The highest BCUT2D eigenvalue weighted by Gasteiger charge is 2.32. The van der Waals surface area contributed by atoms with E-state index < -0.39 is 29.4 Å². The number of hydrogen-bond acceptors (Lipinski definition) is 11. The molecule has 0 spiro atoms. The van der Waals surface area contributed by atoms with Gasteiger partial charge in [-0.15, -0.1) is 0 Å². The Morgan fingerprint density at radius 2 is 1.49 bits per heavy atom. The molecule has 5 rings (SSSR count). The molecule has 0 saturated carbocycles. The molecule has 2 atom stereocenters. The van der Waals surface area contributed by atoms with Crippen molar-refractivity contribution in [3.63, 3.8) is 0 Å². The summed E-state index contributed by atoms with van der Waals surface area (Å²) in [6, 6.07) is 14.3. The molecule has 2 aromatic carbocycles. The fourth-order valence-electron chi connectivity index (χ4n) is 3.96. The number of esters is 1. The Bertz CT molecular complexity index is 1730. The molecule has 0 radical (unpaired) electrons. The summed E-state index contributed by atoms with van der Waals surface area (Å²) in [4.78, 5) is 40.6. The van der Waals surface area contributed by atoms with Crippen LogP contribution in [0.25, 0.3) is 22.5 Å². The lowest BCUT2D eigenvalue weighted by molar-refractivity contribution is -0.145. The summed E-state index contributed by atoms with van der Waals surface area (Å²) in [5, 5.41) is 14.1. The van der Waals surface area contributed by atoms with Crippen molar-refractivity contribution < 1.29 is 27.9 Å². The zero-order valence-electron chi connectivity index (χ0n) is 23.0. The first-order valence-electron chi connectivity index (χ1n) is 12.5. The molecule has 10 nitrogen and oxygen atoms in total. The Hall–Kier alpha value is -4.40. The van der Waals surface area contributed by atoms with E-state index in [0.717, 1.165) is 0 Å². The van der Waals surface area contributed by atoms with Gasteiger partial charge in [0.05, 0.1) is 24.2 Å². The number of nitrogens with zero attached hydrogens (tertiary/aromatic N) is 4. The third-order valence-electron chi connectivity index (χ3n) is 6.05. The third-order valence-corrected chi connectivity index (χ3v) is 7.17. The van der Waals surface area contributed by atoms with Crippen molar-refractivity contribution in [2.24, 2.45) is 0 Å². The maximum Gasteiger partial charge on any atom is 0.367 e. The van der Waals surface area contributed by atoms with Crippen molar-refractivity contribution in [3.05, 3.63) is 106 Å². The SMILES string of the molecule is COC(=O)C(c1ccc(F)cc1)C(O)c1ccnc(SC)n1.CSc1nccc(-c2c(-c3ccc(F)cc3)[nH]oc2=O)n1. The Balaban J connectivity index is 0.000000197. The van der Waals surface area contributed by atoms with Crippen LogP contribution in [-0.2, 0) is 9.53 Å². The van der Waals surface area contributed by atoms with Crippen LogP contribution in [0.2, 0.25) is 0 Å². The van der Waals surface area contributed by atoms with Crippen molar-refractivity contribution in [2.45, 2.75) is 22.3 Å². The van der Waals surface area contributed by atoms with Gasteiger partial charge in [-0.1, -0.05) is 35.7 Å². The lowest BCUT2D eigenvalue weighted by Crippen LogP contribution is -2.22. The molecule has 0 aliphatic rings. The highest BCUT2D eigenvalue weighted by atomic mass is 32.2. The Morgan fingerprint density at radius 1 is 0.907 bits per heavy atom. The van der Waals surface area contributed by atoms with Gasteiger partial charge >= 0.3 is 11.6 Å². The number of H-pyrrole nitrogens is 1. The second-order valence-corrected chi connectivity index (χ2v) is 10.2. The number of aliphatic hydroxyl groups is 1. The molecule has 0 saturated heterocycles. The standard InChI is InChI=1S/C15H15FN2O3S.C14H10FN3O2S/c1-21-14(20)12(9-3-5-10(16)6-4-9)13(19)11-7-8-17-15(18-11)22-2;1-21-14-16-7-6-10(17-14)11-12(18-20-13(11)19)8-2-4-9(15)5-3-8/h3-8,12-13,19H,1-2H3;2-7,18H,1H3. The molecule has 0 fully saturated rings. The molecule has 0 bridgehead atoms. The fourth-order valence-corrected chi connectivity index (χ4v) is 4.68. The topological polar surface area (TPSA) is 144 Å². The van der Waals surface area contributed by atoms with Gasteiger partial charge in [-0.25, -0.2) is 38.7 Å². The molecule has 0 amide bonds. The minimum atomic E-state index is -1.22. The zero-order valence-corrected chi connectivity index (χ0v) is 24.7. The number of methoxy groups -OCH3 is 1. The maximum atomic E-state index is 13.1. The van der Waals surface area contributed by atoms with Crippen LogP contribution in [0.3, 0.4) is 0 Å². The molecule has 2 unspecified atom stereocenters. The van der Waals surface area contributed by atoms with Crippen LogP contribution in [-0.4, -0.2) is 55.8 Å². The normalized spacial score (nSPS) is 12.1. The summed E-state index contributed by atoms with van der Waals surface area (Å²) in [7, 11) is 1.23. The van der Waals surface area contributed by atoms with E-state index in [4.69, 9.17) is 9.26 Å². The lowest BCUT2D eigenvalue weighted by Gasteiger charge is -2.21. The molecule has 0 aliphatic carbocycles. The van der Waals surface area contributed by atoms with E-state index in [9.17, 15) is 23.5 Å². The number of ether oxygens (including phenoxy) is 1. The second kappa shape index (κ2) is 14.7. The van der Waals surface area contributed by atoms with Crippen molar-refractivity contribution in [3.8, 4) is 22.5 Å². The van der Waals surface area contributed by atoms with Gasteiger partial charge in [0, 0.05) is 18.0 Å². The first-order chi connectivity index (χ1) is 20.7. The van der Waals surface area contributed by atoms with Gasteiger partial charge in [-0.3, -0.25) is 4.79 Å². The minimum Gasteiger partial charge on any atom is -0.468 e. The number of hydrogen-bond donors (Lipinski definition) is 2. The van der Waals surface area contributed by atoms with Gasteiger partial charge in [0.15, 0.2) is 10.3 Å². The molecule has 3 heterocycles. The van der Waals surface area contributed by atoms with E-state index in [0.29, 0.717) is 44.1 Å². The Kier molecular flexibility index (Phi) is 10.8. The number of nitrogens with one attached hydrogen (secondary N) is 1. The molecular weight excluding hydrogens is 600 g/mol. The highest BCUT2D eigenvalue weighted by Crippen LogP contribution is 2.32. The summed E-state index contributed by atoms with van der Waals surface area (Å²) >= 11 is 2.70. The fraction of sp³-hybridized carbons (Fsp3) is 0.172. The molecule has 14 heteroatoms. The number of aromatic amines is 1. The third kappa shape index (κ3) is 7.71. The van der Waals surface area contributed by atoms with Crippen LogP contribution >= 0.6 is 23.5 Å². The number of aliphatic hydroxyl groups excluding tert-OH is 1. The predicted octanol–water partition coefficient (Wildman–Crippen LogP) is 5.28. The lowest BCUT2D eigenvalue weighted by atomic mass is 9.91. The number of thioether (sulfide) groups is 2. The molecule has 2 N–H and O–H groups in total. The van der Waals surface area contributed by atoms with Crippen LogP contribution in [0.1, 0.15) is 23.3 Å². The van der Waals surface area contributed by atoms with Gasteiger partial charge < -0.3 is 14.4 Å². The van der Waals surface area contributed by atoms with Gasteiger partial charge in [-0.05, 0) is 66.6 Å². The Morgan fingerprint density at radius 3 is 2.09 bits per heavy atom. The van der Waals surface area contributed by atoms with Gasteiger partial charge in [0.2, 0.25) is 0 Å². The monoisotopic (exact) mass is 625 g/mol. The summed E-state index contributed by atoms with van der Waals surface area (Å²) in [5.41, 5.74) is 2.10. The average molecular weight is 626 g/mol. The largest absolute Gasteiger partial charge is 0.468 e. The van der Waals surface area contributed by atoms with Crippen LogP contribution in [0.4, 0.5) is 8.78 Å². The molecular formula is C29H25F2N5O5S2. The van der Waals surface area contributed by atoms with E-state index in [1.807, 2.05) is 12.5 Å². The smallest absolute Gasteiger partial charge is 0.367 e. The summed E-state index contributed by atoms with van der Waals surface area (Å²) in [6.07, 6.45) is 5.53. The van der Waals surface area contributed by atoms with Gasteiger partial charge in [0.1, 0.15) is 29.2 Å². The minimum absolute atomic E-state index is 0.305. The number of carbonyl (C=O) groups is 1. The maximum absolute atomic E-state index is 13.1. The van der Waals surface area contributed by atoms with E-state index in [-0.39, 0.29) is 5.82 Å². The number of benzene rings is 2. The molecule has 5 aromatic rings. The first kappa shape index (κ1) is 31.5. The molecule has 222 valence electrons. The average Bonchev–Trinajstić information content (AvgIpc) is 3.43. The van der Waals surface area contributed by atoms with Crippen molar-refractivity contribution >= 4 is 29.5 Å². The van der Waals surface area contributed by atoms with E-state index in [1.54, 1.807) is 24.4 Å². The number of rotatable bonds is 8. The number of carbonyl (C=O) groups excluding carboxylic acids is 1. The van der Waals surface area contributed by atoms with Gasteiger partial charge in [0.25, 0.3) is 0 Å². The van der Waals surface area contributed by atoms with Crippen LogP contribution in [0.5, 0.6) is 0 Å². The van der Waals surface area contributed by atoms with Crippen molar-refractivity contribution in [1.29, 1.82) is 0 Å². The summed E-state index contributed by atoms with van der Waals surface area (Å²) in [5.74, 6) is -2.38.